The van der Waals surface area contributed by atoms with E-state index in [1.807, 2.05) is 32.9 Å². The average molecular weight is 297 g/mol. The summed E-state index contributed by atoms with van der Waals surface area (Å²) >= 11 is 6.29. The zero-order valence-corrected chi connectivity index (χ0v) is 13.2. The van der Waals surface area contributed by atoms with Crippen LogP contribution in [0.25, 0.3) is 0 Å². The zero-order chi connectivity index (χ0) is 15.3. The lowest BCUT2D eigenvalue weighted by Gasteiger charge is -2.14. The first-order valence-electron chi connectivity index (χ1n) is 6.56. The van der Waals surface area contributed by atoms with Gasteiger partial charge in [0, 0.05) is 17.0 Å². The fourth-order valence-electron chi connectivity index (χ4n) is 2.05. The van der Waals surface area contributed by atoms with Crippen LogP contribution in [0.3, 0.4) is 0 Å². The molecule has 0 aromatic heterocycles. The molecule has 0 heterocycles. The van der Waals surface area contributed by atoms with E-state index >= 15 is 0 Å². The van der Waals surface area contributed by atoms with E-state index in [1.165, 1.54) is 0 Å². The number of hydrogen-bond donors (Lipinski definition) is 1. The van der Waals surface area contributed by atoms with E-state index in [-0.39, 0.29) is 6.42 Å². The van der Waals surface area contributed by atoms with Crippen molar-refractivity contribution in [2.75, 3.05) is 7.11 Å². The van der Waals surface area contributed by atoms with Crippen LogP contribution in [0.5, 0.6) is 5.75 Å². The first-order chi connectivity index (χ1) is 9.36. The van der Waals surface area contributed by atoms with Crippen molar-refractivity contribution in [2.24, 2.45) is 0 Å². The Labute approximate surface area is 125 Å². The van der Waals surface area contributed by atoms with Gasteiger partial charge < -0.3 is 9.84 Å². The molecule has 4 heteroatoms. The van der Waals surface area contributed by atoms with Crippen LogP contribution in [0, 0.1) is 13.8 Å². The molecule has 0 saturated heterocycles. The summed E-state index contributed by atoms with van der Waals surface area (Å²) in [6.45, 7) is 5.95. The maximum Gasteiger partial charge on any atom is 0.303 e. The normalized spacial score (nSPS) is 11.6. The van der Waals surface area contributed by atoms with Crippen LogP contribution in [-0.4, -0.2) is 18.2 Å². The monoisotopic (exact) mass is 296 g/mol. The summed E-state index contributed by atoms with van der Waals surface area (Å²) in [6.07, 6.45) is 3.37. The Bertz CT molecular complexity index is 533. The second kappa shape index (κ2) is 7.34. The number of aryl methyl sites for hydroxylation is 1. The Morgan fingerprint density at radius 1 is 1.40 bits per heavy atom. The molecule has 20 heavy (non-hydrogen) atoms. The van der Waals surface area contributed by atoms with E-state index in [1.54, 1.807) is 7.11 Å². The number of carbonyl (C=O) groups is 1. The number of halogens is 1. The van der Waals surface area contributed by atoms with Crippen molar-refractivity contribution in [3.05, 3.63) is 39.4 Å². The summed E-state index contributed by atoms with van der Waals surface area (Å²) in [4.78, 5) is 10.5. The van der Waals surface area contributed by atoms with Crippen molar-refractivity contribution in [2.45, 2.75) is 40.0 Å². The third kappa shape index (κ3) is 4.27. The van der Waals surface area contributed by atoms with Crippen molar-refractivity contribution < 1.29 is 14.6 Å². The third-order valence-corrected chi connectivity index (χ3v) is 3.77. The minimum Gasteiger partial charge on any atom is -0.496 e. The van der Waals surface area contributed by atoms with Crippen LogP contribution in [0.1, 0.15) is 36.5 Å². The van der Waals surface area contributed by atoms with Crippen LogP contribution in [0.4, 0.5) is 0 Å². The molecule has 0 aliphatic carbocycles. The predicted octanol–water partition coefficient (Wildman–Crippen LogP) is 4.32. The molecule has 1 rings (SSSR count). The summed E-state index contributed by atoms with van der Waals surface area (Å²) in [5.74, 6) is 0.0387. The van der Waals surface area contributed by atoms with Gasteiger partial charge in [-0.15, -0.1) is 0 Å². The highest BCUT2D eigenvalue weighted by molar-refractivity contribution is 6.31. The van der Waals surface area contributed by atoms with Gasteiger partial charge in [-0.25, -0.2) is 0 Å². The summed E-state index contributed by atoms with van der Waals surface area (Å²) in [6, 6.07) is 1.94. The molecule has 0 unspecified atom stereocenters. The Morgan fingerprint density at radius 2 is 2.05 bits per heavy atom. The van der Waals surface area contributed by atoms with Gasteiger partial charge in [-0.1, -0.05) is 23.3 Å². The zero-order valence-electron chi connectivity index (χ0n) is 12.4. The van der Waals surface area contributed by atoms with Gasteiger partial charge in [0.25, 0.3) is 0 Å². The number of methoxy groups -OCH3 is 1. The van der Waals surface area contributed by atoms with Gasteiger partial charge in [-0.05, 0) is 50.8 Å². The topological polar surface area (TPSA) is 46.5 Å². The number of hydrogen-bond acceptors (Lipinski definition) is 2. The maximum atomic E-state index is 10.5. The first kappa shape index (κ1) is 16.6. The largest absolute Gasteiger partial charge is 0.496 e. The molecule has 1 aromatic carbocycles. The van der Waals surface area contributed by atoms with Gasteiger partial charge >= 0.3 is 5.97 Å². The highest BCUT2D eigenvalue weighted by Gasteiger charge is 2.12. The highest BCUT2D eigenvalue weighted by Crippen LogP contribution is 2.33. The highest BCUT2D eigenvalue weighted by atomic mass is 35.5. The van der Waals surface area contributed by atoms with Gasteiger partial charge in [0.15, 0.2) is 0 Å². The molecule has 0 radical (unpaired) electrons. The molecule has 0 aliphatic heterocycles. The van der Waals surface area contributed by atoms with Crippen molar-refractivity contribution in [3.63, 3.8) is 0 Å². The SMILES string of the molecule is COc1c(C)c(C)cc(Cl)c1C/C=C(\C)CCC(=O)O. The minimum atomic E-state index is -0.778. The van der Waals surface area contributed by atoms with Crippen LogP contribution in [-0.2, 0) is 11.2 Å². The Hall–Kier alpha value is -1.48. The molecule has 0 aliphatic rings. The van der Waals surface area contributed by atoms with E-state index in [4.69, 9.17) is 21.4 Å². The minimum absolute atomic E-state index is 0.153. The molecule has 110 valence electrons. The van der Waals surface area contributed by atoms with Gasteiger partial charge in [-0.3, -0.25) is 4.79 Å². The van der Waals surface area contributed by atoms with Gasteiger partial charge in [0.2, 0.25) is 0 Å². The number of carboxylic acids is 1. The number of allylic oxidation sites excluding steroid dienone is 2. The molecular formula is C16H21ClO3. The molecule has 0 saturated carbocycles. The number of carboxylic acid groups (broad SMARTS) is 1. The maximum absolute atomic E-state index is 10.5. The van der Waals surface area contributed by atoms with Gasteiger partial charge in [0.05, 0.1) is 7.11 Å². The Morgan fingerprint density at radius 3 is 2.60 bits per heavy atom. The fourth-order valence-corrected chi connectivity index (χ4v) is 2.37. The molecule has 0 atom stereocenters. The summed E-state index contributed by atoms with van der Waals surface area (Å²) in [7, 11) is 1.64. The van der Waals surface area contributed by atoms with Crippen LogP contribution >= 0.6 is 11.6 Å². The van der Waals surface area contributed by atoms with Crippen LogP contribution in [0.2, 0.25) is 5.02 Å². The van der Waals surface area contributed by atoms with Gasteiger partial charge in [0.1, 0.15) is 5.75 Å². The second-order valence-electron chi connectivity index (χ2n) is 4.96. The molecule has 1 aromatic rings. The van der Waals surface area contributed by atoms with Crippen molar-refractivity contribution in [1.29, 1.82) is 0 Å². The lowest BCUT2D eigenvalue weighted by Crippen LogP contribution is -1.98. The Kier molecular flexibility index (Phi) is 6.08. The van der Waals surface area contributed by atoms with E-state index in [9.17, 15) is 4.79 Å². The summed E-state index contributed by atoms with van der Waals surface area (Å²) < 4.78 is 5.46. The van der Waals surface area contributed by atoms with Gasteiger partial charge in [-0.2, -0.15) is 0 Å². The van der Waals surface area contributed by atoms with Crippen molar-refractivity contribution >= 4 is 17.6 Å². The lowest BCUT2D eigenvalue weighted by atomic mass is 10.0. The number of ether oxygens (including phenoxy) is 1. The fraction of sp³-hybridized carbons (Fsp3) is 0.438. The van der Waals surface area contributed by atoms with E-state index in [2.05, 4.69) is 0 Å². The van der Waals surface area contributed by atoms with E-state index < -0.39 is 5.97 Å². The number of rotatable bonds is 6. The van der Waals surface area contributed by atoms with E-state index in [0.29, 0.717) is 17.9 Å². The number of aliphatic carboxylic acids is 1. The molecule has 0 bridgehead atoms. The lowest BCUT2D eigenvalue weighted by molar-refractivity contribution is -0.136. The second-order valence-corrected chi connectivity index (χ2v) is 5.37. The molecular weight excluding hydrogens is 276 g/mol. The third-order valence-electron chi connectivity index (χ3n) is 3.43. The van der Waals surface area contributed by atoms with Crippen LogP contribution < -0.4 is 4.74 Å². The summed E-state index contributed by atoms with van der Waals surface area (Å²) in [5, 5.41) is 9.36. The Balaban J connectivity index is 2.95. The average Bonchev–Trinajstić information content (AvgIpc) is 2.38. The smallest absolute Gasteiger partial charge is 0.303 e. The number of benzene rings is 1. The molecule has 1 N–H and O–H groups in total. The summed E-state index contributed by atoms with van der Waals surface area (Å²) in [5.41, 5.74) is 4.18. The predicted molar refractivity (Wildman–Crippen MR) is 81.8 cm³/mol. The van der Waals surface area contributed by atoms with E-state index in [0.717, 1.165) is 28.0 Å². The van der Waals surface area contributed by atoms with Crippen molar-refractivity contribution in [3.8, 4) is 5.75 Å². The molecule has 0 spiro atoms. The molecule has 0 amide bonds. The first-order valence-corrected chi connectivity index (χ1v) is 6.94. The van der Waals surface area contributed by atoms with Crippen LogP contribution in [0.15, 0.2) is 17.7 Å². The quantitative estimate of drug-likeness (QED) is 0.795. The van der Waals surface area contributed by atoms with Crippen molar-refractivity contribution in [1.82, 2.24) is 0 Å². The molecule has 0 fully saturated rings. The standard InChI is InChI=1S/C16H21ClO3/c1-10(6-8-15(18)19)5-7-13-14(17)9-11(2)12(3)16(13)20-4/h5,9H,6-8H2,1-4H3,(H,18,19)/b10-5+. The molecule has 3 nitrogen and oxygen atoms in total.